The molecular weight excluding hydrogens is 413 g/mol. The van der Waals surface area contributed by atoms with Crippen LogP contribution in [-0.4, -0.2) is 53.0 Å². The average Bonchev–Trinajstić information content (AvgIpc) is 3.27. The second-order valence-electron chi connectivity index (χ2n) is 8.59. The van der Waals surface area contributed by atoms with Crippen LogP contribution in [0, 0.1) is 11.8 Å². The van der Waals surface area contributed by atoms with Crippen LogP contribution in [0.5, 0.6) is 0 Å². The Kier molecular flexibility index (Phi) is 6.00. The first kappa shape index (κ1) is 22.1. The molecule has 0 unspecified atom stereocenters. The Morgan fingerprint density at radius 1 is 1.29 bits per heavy atom. The normalized spacial score (nSPS) is 28.2. The minimum absolute atomic E-state index is 0.151. The molecule has 0 aromatic carbocycles. The highest BCUT2D eigenvalue weighted by molar-refractivity contribution is 5.77. The van der Waals surface area contributed by atoms with E-state index < -0.39 is 43.1 Å². The SMILES string of the molecule is COC(=O)[C@H]1[C@H](CO)[C@H]2Cn3c(ccc(C4=CCCCC4)c3=O)[C@H]2N1CCC(F)(F)F. The van der Waals surface area contributed by atoms with E-state index in [1.54, 1.807) is 16.7 Å². The number of rotatable bonds is 5. The molecule has 4 atom stereocenters. The fourth-order valence-electron chi connectivity index (χ4n) is 5.54. The summed E-state index contributed by atoms with van der Waals surface area (Å²) in [6.45, 7) is -0.507. The molecule has 0 radical (unpaired) electrons. The fraction of sp³-hybridized carbons (Fsp3) is 0.636. The molecule has 1 N–H and O–H groups in total. The second-order valence-corrected chi connectivity index (χ2v) is 8.59. The maximum absolute atomic E-state index is 13.3. The Morgan fingerprint density at radius 3 is 2.68 bits per heavy atom. The van der Waals surface area contributed by atoms with Crippen LogP contribution in [0.25, 0.3) is 5.57 Å². The standard InChI is InChI=1S/C22H27F3N2O4/c1-31-21(30)19-16(12-28)15-11-27-17(18(15)26(19)10-9-22(23,24)25)8-7-14(20(27)29)13-5-3-2-4-6-13/h5,7-8,15-16,18-19,28H,2-4,6,9-12H2,1H3/t15-,16-,18+,19-/m1/s1. The lowest BCUT2D eigenvalue weighted by atomic mass is 9.88. The Morgan fingerprint density at radius 2 is 2.06 bits per heavy atom. The number of allylic oxidation sites excluding steroid dienone is 2. The van der Waals surface area contributed by atoms with Crippen LogP contribution in [-0.2, 0) is 16.1 Å². The Labute approximate surface area is 178 Å². The molecule has 31 heavy (non-hydrogen) atoms. The van der Waals surface area contributed by atoms with Gasteiger partial charge in [0.15, 0.2) is 0 Å². The second kappa shape index (κ2) is 8.43. The maximum Gasteiger partial charge on any atom is 0.390 e. The topological polar surface area (TPSA) is 71.8 Å². The number of carbonyl (C=O) groups excluding carboxylic acids is 1. The summed E-state index contributed by atoms with van der Waals surface area (Å²) in [6.07, 6.45) is 0.504. The lowest BCUT2D eigenvalue weighted by Crippen LogP contribution is -2.44. The van der Waals surface area contributed by atoms with Gasteiger partial charge < -0.3 is 14.4 Å². The van der Waals surface area contributed by atoms with Crippen LogP contribution in [0.4, 0.5) is 13.2 Å². The smallest absolute Gasteiger partial charge is 0.390 e. The molecule has 0 saturated carbocycles. The molecule has 0 spiro atoms. The lowest BCUT2D eigenvalue weighted by Gasteiger charge is -2.30. The van der Waals surface area contributed by atoms with Gasteiger partial charge in [0.05, 0.1) is 19.6 Å². The van der Waals surface area contributed by atoms with Crippen molar-refractivity contribution >= 4 is 11.5 Å². The number of aromatic nitrogens is 1. The largest absolute Gasteiger partial charge is 0.468 e. The van der Waals surface area contributed by atoms with E-state index in [-0.39, 0.29) is 24.6 Å². The molecule has 0 bridgehead atoms. The Bertz CT molecular complexity index is 940. The fourth-order valence-corrected chi connectivity index (χ4v) is 5.54. The van der Waals surface area contributed by atoms with E-state index in [1.807, 2.05) is 0 Å². The van der Waals surface area contributed by atoms with Crippen molar-refractivity contribution in [1.29, 1.82) is 0 Å². The first-order chi connectivity index (χ1) is 14.8. The monoisotopic (exact) mass is 440 g/mol. The van der Waals surface area contributed by atoms with Crippen molar-refractivity contribution in [2.24, 2.45) is 11.8 Å². The van der Waals surface area contributed by atoms with E-state index in [4.69, 9.17) is 4.74 Å². The summed E-state index contributed by atoms with van der Waals surface area (Å²) >= 11 is 0. The molecule has 3 heterocycles. The molecule has 2 aliphatic heterocycles. The minimum Gasteiger partial charge on any atom is -0.468 e. The molecule has 9 heteroatoms. The molecule has 1 fully saturated rings. The summed E-state index contributed by atoms with van der Waals surface area (Å²) in [5, 5.41) is 10.0. The lowest BCUT2D eigenvalue weighted by molar-refractivity contribution is -0.154. The average molecular weight is 440 g/mol. The van der Waals surface area contributed by atoms with E-state index in [2.05, 4.69) is 6.08 Å². The summed E-state index contributed by atoms with van der Waals surface area (Å²) in [4.78, 5) is 27.2. The highest BCUT2D eigenvalue weighted by atomic mass is 19.4. The number of aliphatic hydroxyl groups excluding tert-OH is 1. The van der Waals surface area contributed by atoms with E-state index in [1.165, 1.54) is 12.0 Å². The number of aliphatic hydroxyl groups is 1. The first-order valence-electron chi connectivity index (χ1n) is 10.7. The van der Waals surface area contributed by atoms with Crippen molar-refractivity contribution in [2.75, 3.05) is 20.3 Å². The third-order valence-electron chi connectivity index (χ3n) is 6.92. The van der Waals surface area contributed by atoms with Gasteiger partial charge in [-0.1, -0.05) is 6.08 Å². The van der Waals surface area contributed by atoms with Crippen LogP contribution in [0.1, 0.15) is 49.4 Å². The highest BCUT2D eigenvalue weighted by Crippen LogP contribution is 2.49. The van der Waals surface area contributed by atoms with Crippen LogP contribution >= 0.6 is 0 Å². The number of hydrogen-bond acceptors (Lipinski definition) is 5. The molecule has 1 aromatic rings. The molecule has 4 rings (SSSR count). The van der Waals surface area contributed by atoms with E-state index in [9.17, 15) is 27.9 Å². The number of ether oxygens (including phenoxy) is 1. The number of hydrogen-bond donors (Lipinski definition) is 1. The van der Waals surface area contributed by atoms with Crippen LogP contribution in [0.3, 0.4) is 0 Å². The number of likely N-dealkylation sites (tertiary alicyclic amines) is 1. The van der Waals surface area contributed by atoms with Gasteiger partial charge in [-0.25, -0.2) is 0 Å². The number of carbonyl (C=O) groups is 1. The van der Waals surface area contributed by atoms with Gasteiger partial charge >= 0.3 is 12.1 Å². The Hall–Kier alpha value is -2.13. The zero-order chi connectivity index (χ0) is 22.3. The van der Waals surface area contributed by atoms with Crippen LogP contribution < -0.4 is 5.56 Å². The van der Waals surface area contributed by atoms with Gasteiger partial charge in [-0.05, 0) is 43.4 Å². The Balaban J connectivity index is 1.74. The van der Waals surface area contributed by atoms with Gasteiger partial charge in [0.2, 0.25) is 0 Å². The molecule has 1 saturated heterocycles. The number of methoxy groups -OCH3 is 1. The van der Waals surface area contributed by atoms with Crippen molar-refractivity contribution in [3.05, 3.63) is 39.8 Å². The number of halogens is 3. The molecule has 170 valence electrons. The number of esters is 1. The number of alkyl halides is 3. The zero-order valence-corrected chi connectivity index (χ0v) is 17.4. The summed E-state index contributed by atoms with van der Waals surface area (Å²) < 4.78 is 45.5. The minimum atomic E-state index is -4.39. The third kappa shape index (κ3) is 3.93. The van der Waals surface area contributed by atoms with E-state index in [0.29, 0.717) is 11.3 Å². The van der Waals surface area contributed by atoms with Gasteiger partial charge in [-0.3, -0.25) is 14.5 Å². The molecule has 3 aliphatic rings. The van der Waals surface area contributed by atoms with Gasteiger partial charge in [0.25, 0.3) is 5.56 Å². The summed E-state index contributed by atoms with van der Waals surface area (Å²) in [5.41, 5.74) is 2.10. The zero-order valence-electron chi connectivity index (χ0n) is 17.4. The van der Waals surface area contributed by atoms with Crippen molar-refractivity contribution in [1.82, 2.24) is 9.47 Å². The third-order valence-corrected chi connectivity index (χ3v) is 6.92. The quantitative estimate of drug-likeness (QED) is 0.713. The number of nitrogens with zero attached hydrogens (tertiary/aromatic N) is 2. The molecular formula is C22H27F3N2O4. The summed E-state index contributed by atoms with van der Waals surface area (Å²) in [5.74, 6) is -1.61. The predicted octanol–water partition coefficient (Wildman–Crippen LogP) is 2.89. The summed E-state index contributed by atoms with van der Waals surface area (Å²) in [7, 11) is 1.19. The van der Waals surface area contributed by atoms with E-state index in [0.717, 1.165) is 31.3 Å². The molecule has 1 aliphatic carbocycles. The van der Waals surface area contributed by atoms with Crippen molar-refractivity contribution in [2.45, 2.75) is 56.9 Å². The van der Waals surface area contributed by atoms with Crippen molar-refractivity contribution in [3.63, 3.8) is 0 Å². The van der Waals surface area contributed by atoms with Crippen molar-refractivity contribution in [3.8, 4) is 0 Å². The molecule has 6 nitrogen and oxygen atoms in total. The highest BCUT2D eigenvalue weighted by Gasteiger charge is 2.56. The van der Waals surface area contributed by atoms with E-state index >= 15 is 0 Å². The van der Waals surface area contributed by atoms with Crippen molar-refractivity contribution < 1.29 is 27.8 Å². The van der Waals surface area contributed by atoms with Crippen LogP contribution in [0.2, 0.25) is 0 Å². The molecule has 0 amide bonds. The number of fused-ring (bicyclic) bond motifs is 3. The summed E-state index contributed by atoms with van der Waals surface area (Å²) in [6, 6.07) is 2.03. The van der Waals surface area contributed by atoms with Gasteiger partial charge in [0.1, 0.15) is 6.04 Å². The van der Waals surface area contributed by atoms with Gasteiger partial charge in [-0.2, -0.15) is 13.2 Å². The van der Waals surface area contributed by atoms with Gasteiger partial charge in [0, 0.05) is 42.8 Å². The maximum atomic E-state index is 13.3. The van der Waals surface area contributed by atoms with Gasteiger partial charge in [-0.15, -0.1) is 0 Å². The predicted molar refractivity (Wildman–Crippen MR) is 107 cm³/mol. The van der Waals surface area contributed by atoms with Crippen LogP contribution in [0.15, 0.2) is 23.0 Å². The molecule has 1 aromatic heterocycles. The number of pyridine rings is 1. The first-order valence-corrected chi connectivity index (χ1v) is 10.7.